The van der Waals surface area contributed by atoms with E-state index in [-0.39, 0.29) is 11.8 Å². The predicted molar refractivity (Wildman–Crippen MR) is 146 cm³/mol. The van der Waals surface area contributed by atoms with Crippen molar-refractivity contribution in [3.05, 3.63) is 83.7 Å². The van der Waals surface area contributed by atoms with Crippen molar-refractivity contribution < 1.29 is 14.0 Å². The first-order chi connectivity index (χ1) is 18.0. The van der Waals surface area contributed by atoms with Gasteiger partial charge in [0.15, 0.2) is 12.2 Å². The average Bonchev–Trinajstić information content (AvgIpc) is 3.68. The molecule has 0 spiro atoms. The van der Waals surface area contributed by atoms with Crippen molar-refractivity contribution in [2.75, 3.05) is 17.3 Å². The predicted octanol–water partition coefficient (Wildman–Crippen LogP) is 6.47. The normalized spacial score (nSPS) is 11.1. The third-order valence-electron chi connectivity index (χ3n) is 6.16. The monoisotopic (exact) mass is 513 g/mol. The fourth-order valence-electron chi connectivity index (χ4n) is 4.15. The molecule has 0 bridgehead atoms. The minimum absolute atomic E-state index is 0.101. The summed E-state index contributed by atoms with van der Waals surface area (Å²) >= 11 is 1.33. The lowest BCUT2D eigenvalue weighted by atomic mass is 10.2. The van der Waals surface area contributed by atoms with Gasteiger partial charge in [-0.1, -0.05) is 38.0 Å². The Kier molecular flexibility index (Phi) is 7.14. The van der Waals surface area contributed by atoms with Gasteiger partial charge in [-0.3, -0.25) is 14.9 Å². The lowest BCUT2D eigenvalue weighted by Crippen LogP contribution is -2.26. The molecule has 0 atom stereocenters. The molecule has 9 heteroatoms. The van der Waals surface area contributed by atoms with Crippen molar-refractivity contribution in [3.8, 4) is 10.6 Å². The number of nitrogens with zero attached hydrogens (tertiary/aromatic N) is 4. The van der Waals surface area contributed by atoms with E-state index in [0.717, 1.165) is 41.9 Å². The molecule has 2 amide bonds. The first-order valence-electron chi connectivity index (χ1n) is 12.2. The van der Waals surface area contributed by atoms with Crippen LogP contribution < -0.4 is 10.2 Å². The summed E-state index contributed by atoms with van der Waals surface area (Å²) in [5, 5.41) is 3.00. The molecule has 3 heterocycles. The molecule has 2 aromatic carbocycles. The second-order valence-corrected chi connectivity index (χ2v) is 9.76. The molecule has 0 aliphatic carbocycles. The highest BCUT2D eigenvalue weighted by molar-refractivity contribution is 7.17. The highest BCUT2D eigenvalue weighted by atomic mass is 32.1. The smallest absolute Gasteiger partial charge is 0.268 e. The van der Waals surface area contributed by atoms with Crippen LogP contribution in [0.4, 0.5) is 11.6 Å². The Balaban J connectivity index is 1.43. The number of thiophene rings is 1. The number of carbonyl (C=O) groups is 2. The first-order valence-corrected chi connectivity index (χ1v) is 13.0. The number of anilines is 2. The van der Waals surface area contributed by atoms with E-state index in [1.807, 2.05) is 47.0 Å². The maximum atomic E-state index is 13.1. The number of hydrogen-bond acceptors (Lipinski definition) is 6. The van der Waals surface area contributed by atoms with E-state index in [9.17, 15) is 9.59 Å². The zero-order chi connectivity index (χ0) is 25.8. The maximum Gasteiger partial charge on any atom is 0.268 e. The van der Waals surface area contributed by atoms with Gasteiger partial charge in [-0.25, -0.2) is 9.97 Å². The van der Waals surface area contributed by atoms with E-state index in [1.165, 1.54) is 17.7 Å². The maximum absolute atomic E-state index is 13.1. The van der Waals surface area contributed by atoms with Crippen molar-refractivity contribution in [1.82, 2.24) is 14.5 Å². The molecule has 5 aromatic rings. The summed E-state index contributed by atoms with van der Waals surface area (Å²) in [5.74, 6) is 0.771. The highest BCUT2D eigenvalue weighted by Gasteiger charge is 2.19. The number of amides is 2. The average molecular weight is 514 g/mol. The van der Waals surface area contributed by atoms with Gasteiger partial charge in [0.25, 0.3) is 11.8 Å². The van der Waals surface area contributed by atoms with Crippen molar-refractivity contribution in [2.45, 2.75) is 32.7 Å². The molecule has 37 heavy (non-hydrogen) atoms. The van der Waals surface area contributed by atoms with E-state index >= 15 is 0 Å². The van der Waals surface area contributed by atoms with Crippen LogP contribution in [-0.2, 0) is 6.54 Å². The van der Waals surface area contributed by atoms with Crippen LogP contribution in [0.1, 0.15) is 46.2 Å². The molecule has 0 unspecified atom stereocenters. The molecule has 0 radical (unpaired) electrons. The standard InChI is InChI=1S/C28H27N5O3S/c1-3-4-8-15-33-22-12-11-20(32(2)27(35)19-9-6-5-7-10-19)16-21(22)30-28(33)31-26(34)25-14-13-24(37-25)23-17-29-18-36-23/h5-7,9-14,16-18H,3-4,8,15H2,1-2H3,(H,30,31,34). The zero-order valence-corrected chi connectivity index (χ0v) is 21.5. The molecule has 5 rings (SSSR count). The number of aromatic nitrogens is 3. The largest absolute Gasteiger partial charge is 0.443 e. The molecule has 0 saturated heterocycles. The topological polar surface area (TPSA) is 93.3 Å². The molecule has 0 saturated carbocycles. The Hall–Kier alpha value is -4.24. The van der Waals surface area contributed by atoms with E-state index in [1.54, 1.807) is 36.3 Å². The van der Waals surface area contributed by atoms with E-state index in [0.29, 0.717) is 27.7 Å². The Bertz CT molecular complexity index is 1520. The van der Waals surface area contributed by atoms with Crippen molar-refractivity contribution in [2.24, 2.45) is 0 Å². The van der Waals surface area contributed by atoms with Crippen LogP contribution in [0.3, 0.4) is 0 Å². The first kappa shape index (κ1) is 24.5. The van der Waals surface area contributed by atoms with Crippen LogP contribution in [0, 0.1) is 0 Å². The molecule has 188 valence electrons. The number of benzene rings is 2. The van der Waals surface area contributed by atoms with Crippen molar-refractivity contribution in [1.29, 1.82) is 0 Å². The third-order valence-corrected chi connectivity index (χ3v) is 7.26. The third kappa shape index (κ3) is 5.17. The van der Waals surface area contributed by atoms with Gasteiger partial charge < -0.3 is 13.9 Å². The summed E-state index contributed by atoms with van der Waals surface area (Å²) < 4.78 is 7.38. The molecule has 3 aromatic heterocycles. The SMILES string of the molecule is CCCCCn1c(NC(=O)c2ccc(-c3cnco3)s2)nc2cc(N(C)C(=O)c3ccccc3)ccc21. The Morgan fingerprint density at radius 3 is 2.68 bits per heavy atom. The molecule has 0 aliphatic rings. The van der Waals surface area contributed by atoms with Gasteiger partial charge in [-0.05, 0) is 48.9 Å². The van der Waals surface area contributed by atoms with E-state index in [4.69, 9.17) is 9.40 Å². The summed E-state index contributed by atoms with van der Waals surface area (Å²) in [6.07, 6.45) is 6.12. The molecular formula is C28H27N5O3S. The fourth-order valence-corrected chi connectivity index (χ4v) is 5.01. The number of nitrogens with one attached hydrogen (secondary N) is 1. The van der Waals surface area contributed by atoms with Crippen LogP contribution in [0.15, 0.2) is 77.7 Å². The number of oxazole rings is 1. The molecule has 8 nitrogen and oxygen atoms in total. The number of carbonyl (C=O) groups excluding carboxylic acids is 2. The minimum Gasteiger partial charge on any atom is -0.443 e. The van der Waals surface area contributed by atoms with Gasteiger partial charge in [0, 0.05) is 24.8 Å². The number of aryl methyl sites for hydroxylation is 1. The van der Waals surface area contributed by atoms with Gasteiger partial charge in [0.2, 0.25) is 5.95 Å². The van der Waals surface area contributed by atoms with E-state index in [2.05, 4.69) is 17.2 Å². The molecule has 0 fully saturated rings. The van der Waals surface area contributed by atoms with Crippen LogP contribution in [0.5, 0.6) is 0 Å². The summed E-state index contributed by atoms with van der Waals surface area (Å²) in [6, 6.07) is 18.5. The molecule has 1 N–H and O–H groups in total. The second kappa shape index (κ2) is 10.8. The number of unbranched alkanes of at least 4 members (excludes halogenated alkanes) is 2. The van der Waals surface area contributed by atoms with Gasteiger partial charge in [-0.2, -0.15) is 0 Å². The van der Waals surface area contributed by atoms with Crippen LogP contribution in [-0.4, -0.2) is 33.4 Å². The lowest BCUT2D eigenvalue weighted by Gasteiger charge is -2.17. The summed E-state index contributed by atoms with van der Waals surface area (Å²) in [4.78, 5) is 37.8. The van der Waals surface area contributed by atoms with Crippen molar-refractivity contribution >= 4 is 45.8 Å². The van der Waals surface area contributed by atoms with Crippen LogP contribution >= 0.6 is 11.3 Å². The quantitative estimate of drug-likeness (QED) is 0.228. The summed E-state index contributed by atoms with van der Waals surface area (Å²) in [7, 11) is 1.75. The van der Waals surface area contributed by atoms with Crippen molar-refractivity contribution in [3.63, 3.8) is 0 Å². The lowest BCUT2D eigenvalue weighted by molar-refractivity contribution is 0.0991. The van der Waals surface area contributed by atoms with Crippen LogP contribution in [0.2, 0.25) is 0 Å². The van der Waals surface area contributed by atoms with Gasteiger partial charge in [0.1, 0.15) is 0 Å². The number of hydrogen-bond donors (Lipinski definition) is 1. The minimum atomic E-state index is -0.237. The van der Waals surface area contributed by atoms with Gasteiger partial charge >= 0.3 is 0 Å². The van der Waals surface area contributed by atoms with Gasteiger partial charge in [0.05, 0.1) is 27.0 Å². The van der Waals surface area contributed by atoms with E-state index < -0.39 is 0 Å². The molecular weight excluding hydrogens is 486 g/mol. The Morgan fingerprint density at radius 1 is 1.08 bits per heavy atom. The van der Waals surface area contributed by atoms with Gasteiger partial charge in [-0.15, -0.1) is 11.3 Å². The highest BCUT2D eigenvalue weighted by Crippen LogP contribution is 2.30. The Morgan fingerprint density at radius 2 is 1.92 bits per heavy atom. The fraction of sp³-hybridized carbons (Fsp3) is 0.214. The second-order valence-electron chi connectivity index (χ2n) is 8.68. The number of imidazole rings is 1. The number of rotatable bonds is 9. The van der Waals surface area contributed by atoms with Crippen LogP contribution in [0.25, 0.3) is 21.7 Å². The summed E-state index contributed by atoms with van der Waals surface area (Å²) in [5.41, 5.74) is 2.96. The molecule has 0 aliphatic heterocycles. The number of fused-ring (bicyclic) bond motifs is 1. The zero-order valence-electron chi connectivity index (χ0n) is 20.7. The Labute approximate surface area is 218 Å². The summed E-state index contributed by atoms with van der Waals surface area (Å²) in [6.45, 7) is 2.88.